The minimum atomic E-state index is -0.716. The van der Waals surface area contributed by atoms with Gasteiger partial charge in [0.15, 0.2) is 10.9 Å². The van der Waals surface area contributed by atoms with Crippen LogP contribution in [0, 0.1) is 5.92 Å². The van der Waals surface area contributed by atoms with Crippen molar-refractivity contribution in [1.82, 2.24) is 20.6 Å². The summed E-state index contributed by atoms with van der Waals surface area (Å²) in [6.45, 7) is 4.03. The molecule has 4 N–H and O–H groups in total. The average molecular weight is 525 g/mol. The quantitative estimate of drug-likeness (QED) is 0.172. The number of aryl methyl sites for hydroxylation is 1. The molecule has 196 valence electrons. The number of aliphatic hydroxyl groups is 1. The van der Waals surface area contributed by atoms with Gasteiger partial charge in [-0.1, -0.05) is 49.9 Å². The molecule has 9 nitrogen and oxygen atoms in total. The zero-order chi connectivity index (χ0) is 26.4. The number of nitrogens with zero attached hydrogens (tertiary/aromatic N) is 1. The van der Waals surface area contributed by atoms with Crippen LogP contribution in [0.5, 0.6) is 0 Å². The summed E-state index contributed by atoms with van der Waals surface area (Å²) in [7, 11) is 0. The standard InChI is InChI=1S/C27H32N4O5S/c1-16(2)23(26(35)28-13-4-14-32)30-25(34)22-12-11-21(36-22)18-9-7-17(8-10-18)15-37-27-29-20-6-3-5-19(20)24(33)31-27/h7-12,16,23,32H,3-6,13-15H2,1-2H3,(H,28,35)(H,30,34)(H,29,31,33)/t23-/m0/s1. The van der Waals surface area contributed by atoms with Crippen LogP contribution in [0.4, 0.5) is 0 Å². The minimum absolute atomic E-state index is 0.0132. The van der Waals surface area contributed by atoms with Gasteiger partial charge in [0.25, 0.3) is 11.5 Å². The fourth-order valence-electron chi connectivity index (χ4n) is 4.17. The number of fused-ring (bicyclic) bond motifs is 1. The van der Waals surface area contributed by atoms with E-state index in [0.29, 0.717) is 29.6 Å². The lowest BCUT2D eigenvalue weighted by atomic mass is 10.0. The topological polar surface area (TPSA) is 137 Å². The van der Waals surface area contributed by atoms with E-state index in [2.05, 4.69) is 20.6 Å². The van der Waals surface area contributed by atoms with Gasteiger partial charge in [0.05, 0.1) is 5.69 Å². The van der Waals surface area contributed by atoms with Crippen LogP contribution in [-0.2, 0) is 23.4 Å². The molecule has 2 amide bonds. The SMILES string of the molecule is CC(C)[C@H](NC(=O)c1ccc(-c2ccc(CSc3nc4c(c(=O)[nH]3)CCC4)cc2)o1)C(=O)NCCCO. The lowest BCUT2D eigenvalue weighted by molar-refractivity contribution is -0.123. The summed E-state index contributed by atoms with van der Waals surface area (Å²) in [6.07, 6.45) is 3.10. The highest BCUT2D eigenvalue weighted by Gasteiger charge is 2.25. The first-order valence-corrected chi connectivity index (χ1v) is 13.5. The predicted octanol–water partition coefficient (Wildman–Crippen LogP) is 3.06. The van der Waals surface area contributed by atoms with Crippen molar-refractivity contribution in [3.05, 3.63) is 69.3 Å². The van der Waals surface area contributed by atoms with Crippen molar-refractivity contribution in [2.45, 2.75) is 56.5 Å². The van der Waals surface area contributed by atoms with Gasteiger partial charge in [0.2, 0.25) is 5.91 Å². The highest BCUT2D eigenvalue weighted by molar-refractivity contribution is 7.98. The molecule has 0 aliphatic heterocycles. The van der Waals surface area contributed by atoms with E-state index in [1.807, 2.05) is 38.1 Å². The Morgan fingerprint density at radius 3 is 2.68 bits per heavy atom. The number of carbonyl (C=O) groups excluding carboxylic acids is 2. The Morgan fingerprint density at radius 2 is 1.95 bits per heavy atom. The molecule has 0 spiro atoms. The maximum absolute atomic E-state index is 12.7. The third-order valence-electron chi connectivity index (χ3n) is 6.23. The highest BCUT2D eigenvalue weighted by atomic mass is 32.2. The Hall–Kier alpha value is -3.37. The molecule has 1 aromatic carbocycles. The number of hydrogen-bond acceptors (Lipinski definition) is 7. The Bertz CT molecular complexity index is 1300. The molecule has 0 fully saturated rings. The summed E-state index contributed by atoms with van der Waals surface area (Å²) in [5.41, 5.74) is 3.59. The maximum atomic E-state index is 12.7. The number of benzene rings is 1. The average Bonchev–Trinajstić information content (AvgIpc) is 3.57. The summed E-state index contributed by atoms with van der Waals surface area (Å²) in [4.78, 5) is 44.9. The van der Waals surface area contributed by atoms with Crippen LogP contribution in [0.1, 0.15) is 54.1 Å². The van der Waals surface area contributed by atoms with Crippen molar-refractivity contribution in [2.24, 2.45) is 5.92 Å². The molecule has 37 heavy (non-hydrogen) atoms. The van der Waals surface area contributed by atoms with E-state index in [0.717, 1.165) is 41.6 Å². The second-order valence-electron chi connectivity index (χ2n) is 9.36. The fourth-order valence-corrected chi connectivity index (χ4v) is 5.00. The number of rotatable bonds is 11. The summed E-state index contributed by atoms with van der Waals surface area (Å²) < 4.78 is 5.78. The Morgan fingerprint density at radius 1 is 1.16 bits per heavy atom. The number of furan rings is 1. The molecule has 0 radical (unpaired) electrons. The lowest BCUT2D eigenvalue weighted by Crippen LogP contribution is -2.49. The molecular formula is C27H32N4O5S. The molecule has 4 rings (SSSR count). The number of hydrogen-bond donors (Lipinski definition) is 4. The van der Waals surface area contributed by atoms with E-state index < -0.39 is 11.9 Å². The van der Waals surface area contributed by atoms with Crippen LogP contribution in [-0.4, -0.2) is 46.1 Å². The first-order valence-electron chi connectivity index (χ1n) is 12.5. The van der Waals surface area contributed by atoms with Gasteiger partial charge < -0.3 is 25.1 Å². The van der Waals surface area contributed by atoms with Gasteiger partial charge in [-0.3, -0.25) is 14.4 Å². The number of nitrogens with one attached hydrogen (secondary N) is 3. The number of aromatic nitrogens is 2. The number of aliphatic hydroxyl groups excluding tert-OH is 1. The van der Waals surface area contributed by atoms with Crippen molar-refractivity contribution >= 4 is 23.6 Å². The van der Waals surface area contributed by atoms with Crippen molar-refractivity contribution in [2.75, 3.05) is 13.2 Å². The molecule has 0 saturated heterocycles. The van der Waals surface area contributed by atoms with Crippen molar-refractivity contribution in [3.63, 3.8) is 0 Å². The van der Waals surface area contributed by atoms with E-state index in [9.17, 15) is 14.4 Å². The number of H-pyrrole nitrogens is 1. The van der Waals surface area contributed by atoms with Crippen LogP contribution in [0.2, 0.25) is 0 Å². The highest BCUT2D eigenvalue weighted by Crippen LogP contribution is 2.26. The monoisotopic (exact) mass is 524 g/mol. The smallest absolute Gasteiger partial charge is 0.287 e. The molecule has 10 heteroatoms. The second kappa shape index (κ2) is 12.2. The molecule has 0 bridgehead atoms. The number of amides is 2. The summed E-state index contributed by atoms with van der Waals surface area (Å²) >= 11 is 1.49. The van der Waals surface area contributed by atoms with Crippen LogP contribution >= 0.6 is 11.8 Å². The van der Waals surface area contributed by atoms with E-state index in [4.69, 9.17) is 9.52 Å². The normalized spacial score (nSPS) is 13.4. The molecule has 3 aromatic rings. The van der Waals surface area contributed by atoms with Gasteiger partial charge in [0.1, 0.15) is 11.8 Å². The first kappa shape index (κ1) is 26.7. The molecule has 0 unspecified atom stereocenters. The molecular weight excluding hydrogens is 492 g/mol. The Balaban J connectivity index is 1.35. The molecule has 1 aliphatic carbocycles. The minimum Gasteiger partial charge on any atom is -0.451 e. The Kier molecular flexibility index (Phi) is 8.83. The zero-order valence-electron chi connectivity index (χ0n) is 21.0. The van der Waals surface area contributed by atoms with Crippen LogP contribution in [0.15, 0.2) is 50.8 Å². The van der Waals surface area contributed by atoms with Crippen molar-refractivity contribution in [1.29, 1.82) is 0 Å². The molecule has 2 heterocycles. The van der Waals surface area contributed by atoms with Gasteiger partial charge in [-0.2, -0.15) is 0 Å². The molecule has 2 aromatic heterocycles. The van der Waals surface area contributed by atoms with Crippen molar-refractivity contribution < 1.29 is 19.1 Å². The Labute approximate surface area is 219 Å². The van der Waals surface area contributed by atoms with Gasteiger partial charge in [-0.25, -0.2) is 4.98 Å². The van der Waals surface area contributed by atoms with Crippen LogP contribution in [0.3, 0.4) is 0 Å². The molecule has 1 aliphatic rings. The van der Waals surface area contributed by atoms with Crippen LogP contribution < -0.4 is 16.2 Å². The first-order chi connectivity index (χ1) is 17.9. The van der Waals surface area contributed by atoms with Gasteiger partial charge in [-0.05, 0) is 49.3 Å². The van der Waals surface area contributed by atoms with E-state index in [1.165, 1.54) is 11.8 Å². The fraction of sp³-hybridized carbons (Fsp3) is 0.407. The number of carbonyl (C=O) groups is 2. The van der Waals surface area contributed by atoms with Gasteiger partial charge >= 0.3 is 0 Å². The summed E-state index contributed by atoms with van der Waals surface area (Å²) in [5, 5.41) is 15.0. The third kappa shape index (κ3) is 6.69. The van der Waals surface area contributed by atoms with Gasteiger partial charge in [0, 0.05) is 30.0 Å². The largest absolute Gasteiger partial charge is 0.451 e. The summed E-state index contributed by atoms with van der Waals surface area (Å²) in [6, 6.07) is 10.4. The van der Waals surface area contributed by atoms with E-state index in [1.54, 1.807) is 12.1 Å². The summed E-state index contributed by atoms with van der Waals surface area (Å²) in [5.74, 6) is 0.438. The lowest BCUT2D eigenvalue weighted by Gasteiger charge is -2.21. The van der Waals surface area contributed by atoms with Crippen molar-refractivity contribution in [3.8, 4) is 11.3 Å². The second-order valence-corrected chi connectivity index (χ2v) is 10.3. The predicted molar refractivity (Wildman–Crippen MR) is 141 cm³/mol. The molecule has 0 saturated carbocycles. The zero-order valence-corrected chi connectivity index (χ0v) is 21.8. The van der Waals surface area contributed by atoms with Gasteiger partial charge in [-0.15, -0.1) is 0 Å². The third-order valence-corrected chi connectivity index (χ3v) is 7.18. The maximum Gasteiger partial charge on any atom is 0.287 e. The van der Waals surface area contributed by atoms with E-state index >= 15 is 0 Å². The number of aromatic amines is 1. The molecule has 1 atom stereocenters. The van der Waals surface area contributed by atoms with E-state index in [-0.39, 0.29) is 29.8 Å². The van der Waals surface area contributed by atoms with Crippen LogP contribution in [0.25, 0.3) is 11.3 Å². The number of thioether (sulfide) groups is 1.